The van der Waals surface area contributed by atoms with Crippen molar-refractivity contribution in [3.8, 4) is 0 Å². The van der Waals surface area contributed by atoms with Crippen molar-refractivity contribution in [3.05, 3.63) is 0 Å². The Morgan fingerprint density at radius 1 is 1.23 bits per heavy atom. The molecule has 0 aromatic rings. The van der Waals surface area contributed by atoms with Crippen LogP contribution < -0.4 is 10.6 Å². The van der Waals surface area contributed by atoms with Crippen LogP contribution in [0.15, 0.2) is 0 Å². The molecule has 2 aliphatic heterocycles. The van der Waals surface area contributed by atoms with Gasteiger partial charge in [-0.05, 0) is 12.8 Å². The van der Waals surface area contributed by atoms with Gasteiger partial charge in [0.15, 0.2) is 0 Å². The molecule has 2 rings (SSSR count). The molecule has 74 valence electrons. The van der Waals surface area contributed by atoms with Crippen molar-refractivity contribution >= 4 is 5.91 Å². The number of rotatable bonds is 1. The van der Waals surface area contributed by atoms with Gasteiger partial charge >= 0.3 is 0 Å². The number of nitrogens with one attached hydrogen (secondary N) is 2. The van der Waals surface area contributed by atoms with Crippen LogP contribution in [0.1, 0.15) is 12.8 Å². The van der Waals surface area contributed by atoms with Gasteiger partial charge in [0.05, 0.1) is 6.04 Å². The molecule has 0 aromatic carbocycles. The summed E-state index contributed by atoms with van der Waals surface area (Å²) in [5.74, 6) is 0.282. The van der Waals surface area contributed by atoms with Gasteiger partial charge in [-0.1, -0.05) is 0 Å². The highest BCUT2D eigenvalue weighted by molar-refractivity contribution is 5.82. The summed E-state index contributed by atoms with van der Waals surface area (Å²) in [5, 5.41) is 6.47. The average molecular weight is 183 g/mol. The van der Waals surface area contributed by atoms with E-state index in [0.717, 1.165) is 32.7 Å². The molecule has 0 radical (unpaired) electrons. The van der Waals surface area contributed by atoms with E-state index in [1.165, 1.54) is 12.8 Å². The first-order valence-electron chi connectivity index (χ1n) is 5.11. The predicted octanol–water partition coefficient (Wildman–Crippen LogP) is -0.830. The van der Waals surface area contributed by atoms with E-state index in [2.05, 4.69) is 10.6 Å². The van der Waals surface area contributed by atoms with Gasteiger partial charge in [-0.15, -0.1) is 0 Å². The molecule has 1 atom stereocenters. The van der Waals surface area contributed by atoms with Crippen LogP contribution in [0.2, 0.25) is 0 Å². The summed E-state index contributed by atoms with van der Waals surface area (Å²) < 4.78 is 0. The number of nitrogens with zero attached hydrogens (tertiary/aromatic N) is 1. The van der Waals surface area contributed by atoms with E-state index in [1.807, 2.05) is 4.90 Å². The smallest absolute Gasteiger partial charge is 0.241 e. The molecule has 0 aromatic heterocycles. The summed E-state index contributed by atoms with van der Waals surface area (Å²) in [6, 6.07) is 0.0202. The molecule has 2 saturated heterocycles. The molecule has 0 aliphatic carbocycles. The van der Waals surface area contributed by atoms with Crippen molar-refractivity contribution in [2.75, 3.05) is 32.7 Å². The van der Waals surface area contributed by atoms with Crippen molar-refractivity contribution in [3.63, 3.8) is 0 Å². The molecule has 2 N–H and O–H groups in total. The third-order valence-electron chi connectivity index (χ3n) is 2.76. The highest BCUT2D eigenvalue weighted by Gasteiger charge is 2.26. The van der Waals surface area contributed by atoms with Crippen LogP contribution >= 0.6 is 0 Å². The van der Waals surface area contributed by atoms with Crippen LogP contribution in [0.5, 0.6) is 0 Å². The molecule has 0 unspecified atom stereocenters. The van der Waals surface area contributed by atoms with E-state index in [9.17, 15) is 4.79 Å². The van der Waals surface area contributed by atoms with Gasteiger partial charge in [0.25, 0.3) is 0 Å². The van der Waals surface area contributed by atoms with Crippen LogP contribution in [0, 0.1) is 0 Å². The van der Waals surface area contributed by atoms with Crippen molar-refractivity contribution in [2.45, 2.75) is 18.9 Å². The van der Waals surface area contributed by atoms with Crippen LogP contribution in [0.25, 0.3) is 0 Å². The Balaban J connectivity index is 1.87. The highest BCUT2D eigenvalue weighted by Crippen LogP contribution is 2.09. The number of hydrogen-bond acceptors (Lipinski definition) is 3. The number of carbonyl (C=O) groups excluding carboxylic acids is 1. The largest absolute Gasteiger partial charge is 0.341 e. The summed E-state index contributed by atoms with van der Waals surface area (Å²) >= 11 is 0. The molecule has 0 saturated carbocycles. The first-order chi connectivity index (χ1) is 6.38. The Hall–Kier alpha value is -0.610. The van der Waals surface area contributed by atoms with E-state index in [-0.39, 0.29) is 11.9 Å². The van der Waals surface area contributed by atoms with Crippen molar-refractivity contribution in [2.24, 2.45) is 0 Å². The van der Waals surface area contributed by atoms with E-state index in [0.29, 0.717) is 0 Å². The number of amides is 1. The lowest BCUT2D eigenvalue weighted by Gasteiger charge is -2.27. The molecule has 13 heavy (non-hydrogen) atoms. The monoisotopic (exact) mass is 183 g/mol. The summed E-state index contributed by atoms with van der Waals surface area (Å²) in [6.07, 6.45) is 2.35. The van der Waals surface area contributed by atoms with E-state index in [1.54, 1.807) is 0 Å². The molecule has 4 heteroatoms. The quantitative estimate of drug-likeness (QED) is 0.558. The van der Waals surface area contributed by atoms with Crippen LogP contribution in [0.4, 0.5) is 0 Å². The van der Waals surface area contributed by atoms with Gasteiger partial charge < -0.3 is 15.5 Å². The van der Waals surface area contributed by atoms with Gasteiger partial charge in [0.2, 0.25) is 5.91 Å². The normalized spacial score (nSPS) is 29.2. The second-order valence-electron chi connectivity index (χ2n) is 3.74. The topological polar surface area (TPSA) is 44.4 Å². The Morgan fingerprint density at radius 2 is 2.00 bits per heavy atom. The molecule has 2 heterocycles. The van der Waals surface area contributed by atoms with Crippen molar-refractivity contribution in [1.82, 2.24) is 15.5 Å². The molecule has 1 amide bonds. The van der Waals surface area contributed by atoms with Crippen molar-refractivity contribution in [1.29, 1.82) is 0 Å². The zero-order chi connectivity index (χ0) is 9.10. The fourth-order valence-electron chi connectivity index (χ4n) is 1.99. The standard InChI is InChI=1S/C9H17N3O/c13-9(12-5-1-2-6-12)8-7-10-3-4-11-8/h8,10-11H,1-7H2/t8-/m1/s1. The number of piperazine rings is 1. The van der Waals surface area contributed by atoms with Gasteiger partial charge in [-0.3, -0.25) is 4.79 Å². The Kier molecular flexibility index (Phi) is 2.80. The number of carbonyl (C=O) groups is 1. The maximum absolute atomic E-state index is 11.8. The number of likely N-dealkylation sites (tertiary alicyclic amines) is 1. The van der Waals surface area contributed by atoms with Gasteiger partial charge in [-0.25, -0.2) is 0 Å². The molecule has 0 bridgehead atoms. The maximum Gasteiger partial charge on any atom is 0.241 e. The lowest BCUT2D eigenvalue weighted by Crippen LogP contribution is -2.56. The molecule has 2 fully saturated rings. The van der Waals surface area contributed by atoms with Gasteiger partial charge in [0, 0.05) is 32.7 Å². The fourth-order valence-corrected chi connectivity index (χ4v) is 1.99. The Morgan fingerprint density at radius 3 is 2.62 bits per heavy atom. The first kappa shape index (κ1) is 8.97. The molecule has 4 nitrogen and oxygen atoms in total. The second kappa shape index (κ2) is 4.07. The van der Waals surface area contributed by atoms with Crippen LogP contribution in [0.3, 0.4) is 0 Å². The highest BCUT2D eigenvalue weighted by atomic mass is 16.2. The van der Waals surface area contributed by atoms with Gasteiger partial charge in [-0.2, -0.15) is 0 Å². The minimum absolute atomic E-state index is 0.0202. The Bertz CT molecular complexity index is 183. The number of hydrogen-bond donors (Lipinski definition) is 2. The first-order valence-corrected chi connectivity index (χ1v) is 5.11. The molecular formula is C9H17N3O. The summed E-state index contributed by atoms with van der Waals surface area (Å²) in [6.45, 7) is 4.58. The van der Waals surface area contributed by atoms with E-state index < -0.39 is 0 Å². The lowest BCUT2D eigenvalue weighted by molar-refractivity contribution is -0.132. The zero-order valence-electron chi connectivity index (χ0n) is 7.88. The SMILES string of the molecule is O=C([C@H]1CNCCN1)N1CCCC1. The summed E-state index contributed by atoms with van der Waals surface area (Å²) in [5.41, 5.74) is 0. The lowest BCUT2D eigenvalue weighted by atomic mass is 10.2. The predicted molar refractivity (Wildman–Crippen MR) is 50.5 cm³/mol. The second-order valence-corrected chi connectivity index (χ2v) is 3.74. The average Bonchev–Trinajstić information content (AvgIpc) is 2.71. The van der Waals surface area contributed by atoms with E-state index >= 15 is 0 Å². The minimum atomic E-state index is 0.0202. The maximum atomic E-state index is 11.8. The summed E-state index contributed by atoms with van der Waals surface area (Å²) in [4.78, 5) is 13.8. The van der Waals surface area contributed by atoms with E-state index in [4.69, 9.17) is 0 Å². The van der Waals surface area contributed by atoms with Gasteiger partial charge in [0.1, 0.15) is 0 Å². The molecule has 0 spiro atoms. The van der Waals surface area contributed by atoms with Crippen molar-refractivity contribution < 1.29 is 4.79 Å². The fraction of sp³-hybridized carbons (Fsp3) is 0.889. The third kappa shape index (κ3) is 2.00. The minimum Gasteiger partial charge on any atom is -0.341 e. The van der Waals surface area contributed by atoms with Crippen LogP contribution in [-0.4, -0.2) is 49.6 Å². The Labute approximate surface area is 78.7 Å². The van der Waals surface area contributed by atoms with Crippen LogP contribution in [-0.2, 0) is 4.79 Å². The summed E-state index contributed by atoms with van der Waals surface area (Å²) in [7, 11) is 0. The molecular weight excluding hydrogens is 166 g/mol. The molecule has 2 aliphatic rings. The zero-order valence-corrected chi connectivity index (χ0v) is 7.88. The third-order valence-corrected chi connectivity index (χ3v) is 2.76.